The van der Waals surface area contributed by atoms with E-state index >= 15 is 0 Å². The van der Waals surface area contributed by atoms with Crippen molar-refractivity contribution in [1.82, 2.24) is 9.88 Å². The third-order valence-corrected chi connectivity index (χ3v) is 4.34. The van der Waals surface area contributed by atoms with Gasteiger partial charge in [-0.25, -0.2) is 4.98 Å². The number of anilines is 1. The summed E-state index contributed by atoms with van der Waals surface area (Å²) in [6.45, 7) is 5.72. The molecule has 0 aromatic carbocycles. The van der Waals surface area contributed by atoms with Gasteiger partial charge in [0.1, 0.15) is 11.5 Å². The third-order valence-electron chi connectivity index (χ3n) is 4.34. The van der Waals surface area contributed by atoms with E-state index in [9.17, 15) is 4.79 Å². The monoisotopic (exact) mass is 290 g/mol. The van der Waals surface area contributed by atoms with Crippen molar-refractivity contribution in [2.24, 2.45) is 5.73 Å². The van der Waals surface area contributed by atoms with E-state index in [1.54, 1.807) is 6.07 Å². The smallest absolute Gasteiger partial charge is 0.267 e. The molecule has 6 heteroatoms. The molecule has 21 heavy (non-hydrogen) atoms. The quantitative estimate of drug-likeness (QED) is 0.877. The first-order valence-electron chi connectivity index (χ1n) is 7.57. The minimum Gasteiger partial charge on any atom is -0.379 e. The predicted octanol–water partition coefficient (Wildman–Crippen LogP) is 0.481. The molecule has 1 aromatic heterocycles. The van der Waals surface area contributed by atoms with Gasteiger partial charge < -0.3 is 15.4 Å². The van der Waals surface area contributed by atoms with Crippen molar-refractivity contribution in [1.29, 1.82) is 0 Å². The number of nitrogens with two attached hydrogens (primary N) is 1. The number of rotatable bonds is 3. The van der Waals surface area contributed by atoms with E-state index < -0.39 is 5.91 Å². The topological polar surface area (TPSA) is 71.7 Å². The maximum atomic E-state index is 11.2. The largest absolute Gasteiger partial charge is 0.379 e. The Morgan fingerprint density at radius 3 is 2.57 bits per heavy atom. The molecule has 2 aliphatic rings. The molecule has 3 heterocycles. The molecule has 0 saturated carbocycles. The van der Waals surface area contributed by atoms with Crippen molar-refractivity contribution in [2.75, 3.05) is 44.3 Å². The minimum atomic E-state index is -0.472. The molecule has 0 unspecified atom stereocenters. The molecular formula is C15H22N4O2. The van der Waals surface area contributed by atoms with Gasteiger partial charge in [-0.15, -0.1) is 0 Å². The highest BCUT2D eigenvalue weighted by atomic mass is 16.5. The molecule has 0 atom stereocenters. The average Bonchev–Trinajstić information content (AvgIpc) is 2.56. The SMILES string of the molecule is NC(=O)c1cccc(N2CCC(N3CCOCC3)CC2)n1. The molecule has 0 aliphatic carbocycles. The Balaban J connectivity index is 1.60. The summed E-state index contributed by atoms with van der Waals surface area (Å²) < 4.78 is 5.41. The molecule has 0 radical (unpaired) electrons. The van der Waals surface area contributed by atoms with E-state index in [1.807, 2.05) is 12.1 Å². The van der Waals surface area contributed by atoms with Gasteiger partial charge in [0.15, 0.2) is 0 Å². The normalized spacial score (nSPS) is 21.4. The van der Waals surface area contributed by atoms with Crippen molar-refractivity contribution in [3.05, 3.63) is 23.9 Å². The molecule has 2 aliphatic heterocycles. The molecule has 6 nitrogen and oxygen atoms in total. The molecule has 114 valence electrons. The average molecular weight is 290 g/mol. The van der Waals surface area contributed by atoms with Crippen molar-refractivity contribution >= 4 is 11.7 Å². The van der Waals surface area contributed by atoms with Crippen LogP contribution in [0.1, 0.15) is 23.3 Å². The van der Waals surface area contributed by atoms with Crippen LogP contribution in [-0.4, -0.2) is 61.2 Å². The first kappa shape index (κ1) is 14.3. The lowest BCUT2D eigenvalue weighted by atomic mass is 10.0. The molecule has 0 spiro atoms. The number of primary amides is 1. The number of hydrogen-bond donors (Lipinski definition) is 1. The summed E-state index contributed by atoms with van der Waals surface area (Å²) in [5.74, 6) is 0.381. The molecule has 2 N–H and O–H groups in total. The van der Waals surface area contributed by atoms with E-state index in [0.717, 1.165) is 58.1 Å². The van der Waals surface area contributed by atoms with Crippen LogP contribution in [0.5, 0.6) is 0 Å². The summed E-state index contributed by atoms with van der Waals surface area (Å²) in [7, 11) is 0. The molecule has 1 aromatic rings. The molecule has 0 bridgehead atoms. The summed E-state index contributed by atoms with van der Waals surface area (Å²) >= 11 is 0. The van der Waals surface area contributed by atoms with Crippen LogP contribution in [-0.2, 0) is 4.74 Å². The number of aromatic nitrogens is 1. The lowest BCUT2D eigenvalue weighted by molar-refractivity contribution is 0.0115. The minimum absolute atomic E-state index is 0.336. The summed E-state index contributed by atoms with van der Waals surface area (Å²) in [5, 5.41) is 0. The van der Waals surface area contributed by atoms with Crippen LogP contribution in [0.3, 0.4) is 0 Å². The number of nitrogens with zero attached hydrogens (tertiary/aromatic N) is 3. The molecule has 1 amide bonds. The van der Waals surface area contributed by atoms with E-state index in [4.69, 9.17) is 10.5 Å². The number of piperidine rings is 1. The number of carbonyl (C=O) groups excluding carboxylic acids is 1. The number of carbonyl (C=O) groups is 1. The number of pyridine rings is 1. The van der Waals surface area contributed by atoms with Gasteiger partial charge in [-0.05, 0) is 25.0 Å². The Kier molecular flexibility index (Phi) is 4.36. The Hall–Kier alpha value is -1.66. The van der Waals surface area contributed by atoms with Crippen LogP contribution in [0.25, 0.3) is 0 Å². The first-order chi connectivity index (χ1) is 10.2. The maximum Gasteiger partial charge on any atom is 0.267 e. The zero-order valence-electron chi connectivity index (χ0n) is 12.2. The predicted molar refractivity (Wildman–Crippen MR) is 80.4 cm³/mol. The van der Waals surface area contributed by atoms with Gasteiger partial charge in [0.05, 0.1) is 13.2 Å². The van der Waals surface area contributed by atoms with Gasteiger partial charge in [-0.3, -0.25) is 9.69 Å². The van der Waals surface area contributed by atoms with Gasteiger partial charge in [-0.1, -0.05) is 6.07 Å². The van der Waals surface area contributed by atoms with Crippen LogP contribution < -0.4 is 10.6 Å². The first-order valence-corrected chi connectivity index (χ1v) is 7.57. The van der Waals surface area contributed by atoms with E-state index in [2.05, 4.69) is 14.8 Å². The lowest BCUT2D eigenvalue weighted by Gasteiger charge is -2.40. The van der Waals surface area contributed by atoms with Gasteiger partial charge in [0.2, 0.25) is 0 Å². The highest BCUT2D eigenvalue weighted by molar-refractivity contribution is 5.91. The Bertz CT molecular complexity index is 494. The molecule has 2 saturated heterocycles. The second kappa shape index (κ2) is 6.41. The van der Waals surface area contributed by atoms with Crippen molar-refractivity contribution < 1.29 is 9.53 Å². The Morgan fingerprint density at radius 2 is 1.90 bits per heavy atom. The van der Waals surface area contributed by atoms with Crippen LogP contribution in [0.15, 0.2) is 18.2 Å². The fourth-order valence-electron chi connectivity index (χ4n) is 3.14. The molecule has 2 fully saturated rings. The summed E-state index contributed by atoms with van der Waals surface area (Å²) in [4.78, 5) is 20.3. The zero-order valence-corrected chi connectivity index (χ0v) is 12.2. The second-order valence-electron chi connectivity index (χ2n) is 5.61. The number of ether oxygens (including phenoxy) is 1. The molecule has 3 rings (SSSR count). The Labute approximate surface area is 124 Å². The fraction of sp³-hybridized carbons (Fsp3) is 0.600. The number of morpholine rings is 1. The standard InChI is InChI=1S/C15H22N4O2/c16-15(20)13-2-1-3-14(17-13)19-6-4-12(5-7-19)18-8-10-21-11-9-18/h1-3,12H,4-11H2,(H2,16,20). The highest BCUT2D eigenvalue weighted by Crippen LogP contribution is 2.22. The summed E-state index contributed by atoms with van der Waals surface area (Å²) in [5.41, 5.74) is 5.63. The highest BCUT2D eigenvalue weighted by Gasteiger charge is 2.26. The van der Waals surface area contributed by atoms with Crippen molar-refractivity contribution in [3.8, 4) is 0 Å². The van der Waals surface area contributed by atoms with Crippen LogP contribution >= 0.6 is 0 Å². The lowest BCUT2D eigenvalue weighted by Crippen LogP contribution is -2.49. The van der Waals surface area contributed by atoms with Crippen molar-refractivity contribution in [2.45, 2.75) is 18.9 Å². The van der Waals surface area contributed by atoms with Crippen LogP contribution in [0, 0.1) is 0 Å². The van der Waals surface area contributed by atoms with Gasteiger partial charge in [-0.2, -0.15) is 0 Å². The maximum absolute atomic E-state index is 11.2. The zero-order chi connectivity index (χ0) is 14.7. The van der Waals surface area contributed by atoms with Crippen LogP contribution in [0.2, 0.25) is 0 Å². The van der Waals surface area contributed by atoms with Crippen LogP contribution in [0.4, 0.5) is 5.82 Å². The van der Waals surface area contributed by atoms with E-state index in [0.29, 0.717) is 11.7 Å². The van der Waals surface area contributed by atoms with E-state index in [1.165, 1.54) is 0 Å². The summed E-state index contributed by atoms with van der Waals surface area (Å²) in [6.07, 6.45) is 2.25. The second-order valence-corrected chi connectivity index (χ2v) is 5.61. The Morgan fingerprint density at radius 1 is 1.19 bits per heavy atom. The van der Waals surface area contributed by atoms with Gasteiger partial charge in [0.25, 0.3) is 5.91 Å². The summed E-state index contributed by atoms with van der Waals surface area (Å²) in [6, 6.07) is 6.09. The molecular weight excluding hydrogens is 268 g/mol. The fourth-order valence-corrected chi connectivity index (χ4v) is 3.14. The number of hydrogen-bond acceptors (Lipinski definition) is 5. The van der Waals surface area contributed by atoms with E-state index in [-0.39, 0.29) is 0 Å². The number of amides is 1. The van der Waals surface area contributed by atoms with Gasteiger partial charge >= 0.3 is 0 Å². The van der Waals surface area contributed by atoms with Gasteiger partial charge in [0, 0.05) is 32.2 Å². The van der Waals surface area contributed by atoms with Crippen molar-refractivity contribution in [3.63, 3.8) is 0 Å². The third kappa shape index (κ3) is 3.33.